The Balaban J connectivity index is 1.73. The average molecular weight is 185 g/mol. The zero-order valence-electron chi connectivity index (χ0n) is 8.05. The second-order valence-electron chi connectivity index (χ2n) is 4.30. The second-order valence-corrected chi connectivity index (χ2v) is 5.37. The van der Waals surface area contributed by atoms with Crippen LogP contribution in [0.25, 0.3) is 0 Å². The first kappa shape index (κ1) is 8.89. The van der Waals surface area contributed by atoms with E-state index in [1.54, 1.807) is 0 Å². The second kappa shape index (κ2) is 3.59. The number of hydrogen-bond donors (Lipinski definition) is 1. The molecule has 0 amide bonds. The fourth-order valence-electron chi connectivity index (χ4n) is 2.05. The van der Waals surface area contributed by atoms with Gasteiger partial charge in [0.25, 0.3) is 0 Å². The van der Waals surface area contributed by atoms with Gasteiger partial charge in [0.15, 0.2) is 0 Å². The van der Waals surface area contributed by atoms with Crippen LogP contribution in [0.3, 0.4) is 0 Å². The third kappa shape index (κ3) is 1.80. The van der Waals surface area contributed by atoms with Crippen molar-refractivity contribution >= 4 is 11.8 Å². The summed E-state index contributed by atoms with van der Waals surface area (Å²) < 4.78 is 0. The minimum absolute atomic E-state index is 0.816. The molecule has 0 aromatic rings. The van der Waals surface area contributed by atoms with Gasteiger partial charge in [0, 0.05) is 17.8 Å². The van der Waals surface area contributed by atoms with Crippen molar-refractivity contribution in [3.63, 3.8) is 0 Å². The number of nitrogens with one attached hydrogen (secondary N) is 1. The van der Waals surface area contributed by atoms with Gasteiger partial charge in [-0.15, -0.1) is 0 Å². The van der Waals surface area contributed by atoms with E-state index in [9.17, 15) is 0 Å². The number of thioether (sulfide) groups is 1. The zero-order chi connectivity index (χ0) is 8.55. The molecule has 1 saturated carbocycles. The van der Waals surface area contributed by atoms with Gasteiger partial charge in [-0.25, -0.2) is 0 Å². The Labute approximate surface area is 79.7 Å². The lowest BCUT2D eigenvalue weighted by molar-refractivity contribution is 0.439. The van der Waals surface area contributed by atoms with E-state index >= 15 is 0 Å². The fourth-order valence-corrected chi connectivity index (χ4v) is 3.47. The molecular weight excluding hydrogens is 166 g/mol. The first-order valence-corrected chi connectivity index (χ1v) is 6.30. The molecule has 2 fully saturated rings. The molecule has 0 aromatic carbocycles. The van der Waals surface area contributed by atoms with E-state index in [-0.39, 0.29) is 0 Å². The van der Waals surface area contributed by atoms with Crippen LogP contribution >= 0.6 is 11.8 Å². The maximum Gasteiger partial charge on any atom is 0.0194 e. The fraction of sp³-hybridized carbons (Fsp3) is 1.00. The SMILES string of the molecule is CCC1CC1NC1CSCC1C. The van der Waals surface area contributed by atoms with Crippen molar-refractivity contribution in [2.45, 2.75) is 38.8 Å². The molecule has 0 radical (unpaired) electrons. The molecule has 1 aliphatic carbocycles. The van der Waals surface area contributed by atoms with Crippen molar-refractivity contribution < 1.29 is 0 Å². The number of hydrogen-bond acceptors (Lipinski definition) is 2. The molecular formula is C10H19NS. The molecule has 1 nitrogen and oxygen atoms in total. The third-order valence-electron chi connectivity index (χ3n) is 3.24. The van der Waals surface area contributed by atoms with Crippen molar-refractivity contribution in [3.05, 3.63) is 0 Å². The summed E-state index contributed by atoms with van der Waals surface area (Å²) in [6.45, 7) is 4.68. The van der Waals surface area contributed by atoms with Crippen LogP contribution in [-0.4, -0.2) is 23.6 Å². The minimum atomic E-state index is 0.816. The molecule has 0 bridgehead atoms. The van der Waals surface area contributed by atoms with Gasteiger partial charge >= 0.3 is 0 Å². The van der Waals surface area contributed by atoms with Crippen LogP contribution in [-0.2, 0) is 0 Å². The molecule has 1 aliphatic heterocycles. The Morgan fingerprint density at radius 2 is 2.17 bits per heavy atom. The van der Waals surface area contributed by atoms with E-state index in [1.165, 1.54) is 24.3 Å². The largest absolute Gasteiger partial charge is 0.310 e. The Morgan fingerprint density at radius 3 is 2.67 bits per heavy atom. The Bertz CT molecular complexity index is 160. The summed E-state index contributed by atoms with van der Waals surface area (Å²) >= 11 is 2.11. The van der Waals surface area contributed by atoms with Gasteiger partial charge in [-0.1, -0.05) is 20.3 Å². The predicted octanol–water partition coefficient (Wildman–Crippen LogP) is 2.13. The van der Waals surface area contributed by atoms with Gasteiger partial charge in [0.05, 0.1) is 0 Å². The molecule has 0 aromatic heterocycles. The number of rotatable bonds is 3. The van der Waals surface area contributed by atoms with Gasteiger partial charge in [0.1, 0.15) is 0 Å². The molecule has 1 N–H and O–H groups in total. The molecule has 2 rings (SSSR count). The molecule has 70 valence electrons. The highest BCUT2D eigenvalue weighted by Gasteiger charge is 2.38. The van der Waals surface area contributed by atoms with Gasteiger partial charge in [-0.2, -0.15) is 11.8 Å². The summed E-state index contributed by atoms with van der Waals surface area (Å²) in [4.78, 5) is 0. The third-order valence-corrected chi connectivity index (χ3v) is 4.60. The zero-order valence-corrected chi connectivity index (χ0v) is 8.86. The highest BCUT2D eigenvalue weighted by molar-refractivity contribution is 7.99. The van der Waals surface area contributed by atoms with Crippen molar-refractivity contribution in [2.75, 3.05) is 11.5 Å². The van der Waals surface area contributed by atoms with Crippen LogP contribution in [0.1, 0.15) is 26.7 Å². The van der Waals surface area contributed by atoms with E-state index < -0.39 is 0 Å². The predicted molar refractivity (Wildman–Crippen MR) is 55.6 cm³/mol. The van der Waals surface area contributed by atoms with Crippen LogP contribution in [0.2, 0.25) is 0 Å². The molecule has 1 heterocycles. The van der Waals surface area contributed by atoms with Crippen LogP contribution in [0.5, 0.6) is 0 Å². The van der Waals surface area contributed by atoms with E-state index in [0.29, 0.717) is 0 Å². The topological polar surface area (TPSA) is 12.0 Å². The Morgan fingerprint density at radius 1 is 1.33 bits per heavy atom. The summed E-state index contributed by atoms with van der Waals surface area (Å²) in [6, 6.07) is 1.69. The first-order valence-electron chi connectivity index (χ1n) is 5.15. The van der Waals surface area contributed by atoms with Crippen LogP contribution < -0.4 is 5.32 Å². The normalized spacial score (nSPS) is 46.5. The van der Waals surface area contributed by atoms with E-state index in [0.717, 1.165) is 23.9 Å². The van der Waals surface area contributed by atoms with Gasteiger partial charge in [-0.3, -0.25) is 0 Å². The van der Waals surface area contributed by atoms with Gasteiger partial charge in [0.2, 0.25) is 0 Å². The minimum Gasteiger partial charge on any atom is -0.310 e. The molecule has 2 heteroatoms. The van der Waals surface area contributed by atoms with Crippen molar-refractivity contribution in [1.82, 2.24) is 5.32 Å². The maximum atomic E-state index is 3.78. The quantitative estimate of drug-likeness (QED) is 0.723. The van der Waals surface area contributed by atoms with E-state index in [4.69, 9.17) is 0 Å². The monoisotopic (exact) mass is 185 g/mol. The van der Waals surface area contributed by atoms with E-state index in [1.807, 2.05) is 0 Å². The lowest BCUT2D eigenvalue weighted by Crippen LogP contribution is -2.36. The average Bonchev–Trinajstić information content (AvgIpc) is 2.70. The van der Waals surface area contributed by atoms with Gasteiger partial charge in [-0.05, 0) is 24.0 Å². The first-order chi connectivity index (χ1) is 5.81. The summed E-state index contributed by atoms with van der Waals surface area (Å²) in [5.74, 6) is 4.60. The Hall–Kier alpha value is 0.310. The summed E-state index contributed by atoms with van der Waals surface area (Å²) in [7, 11) is 0. The van der Waals surface area contributed by atoms with Crippen molar-refractivity contribution in [3.8, 4) is 0 Å². The molecule has 0 spiro atoms. The van der Waals surface area contributed by atoms with Crippen molar-refractivity contribution in [1.29, 1.82) is 0 Å². The van der Waals surface area contributed by atoms with Crippen molar-refractivity contribution in [2.24, 2.45) is 11.8 Å². The molecule has 4 unspecified atom stereocenters. The maximum absolute atomic E-state index is 3.78. The summed E-state index contributed by atoms with van der Waals surface area (Å²) in [5, 5.41) is 3.78. The summed E-state index contributed by atoms with van der Waals surface area (Å²) in [6.07, 6.45) is 2.80. The van der Waals surface area contributed by atoms with Crippen LogP contribution in [0.15, 0.2) is 0 Å². The lowest BCUT2D eigenvalue weighted by atomic mass is 10.1. The highest BCUT2D eigenvalue weighted by atomic mass is 32.2. The lowest BCUT2D eigenvalue weighted by Gasteiger charge is -2.16. The molecule has 1 saturated heterocycles. The molecule has 2 aliphatic rings. The molecule has 4 atom stereocenters. The standard InChI is InChI=1S/C10H19NS/c1-3-8-4-9(8)11-10-6-12-5-7(10)2/h7-11H,3-6H2,1-2H3. The highest BCUT2D eigenvalue weighted by Crippen LogP contribution is 2.35. The Kier molecular flexibility index (Phi) is 2.66. The van der Waals surface area contributed by atoms with E-state index in [2.05, 4.69) is 30.9 Å². The van der Waals surface area contributed by atoms with Crippen LogP contribution in [0, 0.1) is 11.8 Å². The smallest absolute Gasteiger partial charge is 0.0194 e. The van der Waals surface area contributed by atoms with Crippen LogP contribution in [0.4, 0.5) is 0 Å². The molecule has 12 heavy (non-hydrogen) atoms. The van der Waals surface area contributed by atoms with Gasteiger partial charge < -0.3 is 5.32 Å². The summed E-state index contributed by atoms with van der Waals surface area (Å²) in [5.41, 5.74) is 0.